The second-order valence-electron chi connectivity index (χ2n) is 10.8. The summed E-state index contributed by atoms with van der Waals surface area (Å²) in [6, 6.07) is 18.7. The predicted octanol–water partition coefficient (Wildman–Crippen LogP) is 5.83. The zero-order chi connectivity index (χ0) is 27.9. The molecule has 3 aromatic heterocycles. The van der Waals surface area contributed by atoms with Gasteiger partial charge in [0.25, 0.3) is 0 Å². The molecule has 0 spiro atoms. The van der Waals surface area contributed by atoms with Crippen LogP contribution >= 0.6 is 0 Å². The largest absolute Gasteiger partial charge is 0.385 e. The van der Waals surface area contributed by atoms with Crippen molar-refractivity contribution < 1.29 is 9.84 Å². The first-order valence-electron chi connectivity index (χ1n) is 13.6. The van der Waals surface area contributed by atoms with Gasteiger partial charge in [-0.05, 0) is 61.4 Å². The van der Waals surface area contributed by atoms with Crippen LogP contribution in [-0.2, 0) is 17.4 Å². The minimum atomic E-state index is -1.32. The van der Waals surface area contributed by atoms with Gasteiger partial charge in [-0.2, -0.15) is 0 Å². The Morgan fingerprint density at radius 1 is 1.15 bits per heavy atom. The summed E-state index contributed by atoms with van der Waals surface area (Å²) in [4.78, 5) is 7.85. The van der Waals surface area contributed by atoms with Crippen molar-refractivity contribution in [1.82, 2.24) is 24.5 Å². The second-order valence-corrected chi connectivity index (χ2v) is 10.8. The van der Waals surface area contributed by atoms with Gasteiger partial charge in [-0.15, -0.1) is 5.10 Å². The van der Waals surface area contributed by atoms with Gasteiger partial charge in [-0.1, -0.05) is 52.8 Å². The summed E-state index contributed by atoms with van der Waals surface area (Å²) in [6.07, 6.45) is 3.76. The predicted molar refractivity (Wildman–Crippen MR) is 154 cm³/mol. The zero-order valence-corrected chi connectivity index (χ0v) is 22.9. The lowest BCUT2D eigenvalue weighted by Gasteiger charge is -2.33. The molecule has 0 radical (unpaired) electrons. The van der Waals surface area contributed by atoms with Crippen LogP contribution in [0.4, 0.5) is 0 Å². The Hall–Kier alpha value is -4.24. The molecule has 10 heteroatoms. The molecule has 1 fully saturated rings. The molecule has 6 rings (SSSR count). The van der Waals surface area contributed by atoms with Crippen molar-refractivity contribution in [2.45, 2.75) is 38.3 Å². The Balaban J connectivity index is 1.67. The summed E-state index contributed by atoms with van der Waals surface area (Å²) >= 11 is 0. The first kappa shape index (κ1) is 26.0. The van der Waals surface area contributed by atoms with E-state index in [1.54, 1.807) is 11.6 Å². The number of aliphatic hydroxyl groups is 1. The van der Waals surface area contributed by atoms with E-state index < -0.39 is 5.60 Å². The lowest BCUT2D eigenvalue weighted by molar-refractivity contribution is 0.0552. The first-order chi connectivity index (χ1) is 19.4. The number of aromatic nitrogens is 5. The molecule has 4 heterocycles. The number of pyridine rings is 1. The Morgan fingerprint density at radius 3 is 2.62 bits per heavy atom. The van der Waals surface area contributed by atoms with E-state index >= 15 is 0 Å². The van der Waals surface area contributed by atoms with Gasteiger partial charge < -0.3 is 14.4 Å². The molecule has 0 bridgehead atoms. The topological polar surface area (TPSA) is 127 Å². The van der Waals surface area contributed by atoms with Crippen molar-refractivity contribution in [2.24, 2.45) is 18.1 Å². The smallest absolute Gasteiger partial charge is 0.0960 e. The van der Waals surface area contributed by atoms with Crippen LogP contribution in [0.1, 0.15) is 42.6 Å². The number of fused-ring (bicyclic) bond motifs is 3. The third kappa shape index (κ3) is 4.50. The number of hydrogen-bond donors (Lipinski definition) is 1. The van der Waals surface area contributed by atoms with E-state index in [-0.39, 0.29) is 12.6 Å². The third-order valence-corrected chi connectivity index (χ3v) is 8.10. The van der Waals surface area contributed by atoms with E-state index in [0.29, 0.717) is 11.5 Å². The molecule has 0 aliphatic carbocycles. The van der Waals surface area contributed by atoms with E-state index in [1.807, 2.05) is 44.4 Å². The quantitative estimate of drug-likeness (QED) is 0.159. The fourth-order valence-corrected chi connectivity index (χ4v) is 6.10. The van der Waals surface area contributed by atoms with E-state index in [9.17, 15) is 5.11 Å². The Kier molecular flexibility index (Phi) is 6.75. The van der Waals surface area contributed by atoms with E-state index in [0.717, 1.165) is 64.9 Å². The summed E-state index contributed by atoms with van der Waals surface area (Å²) < 4.78 is 9.93. The molecule has 1 aliphatic heterocycles. The number of benzene rings is 2. The van der Waals surface area contributed by atoms with Gasteiger partial charge in [0.1, 0.15) is 0 Å². The Bertz CT molecular complexity index is 1710. The Labute approximate surface area is 231 Å². The van der Waals surface area contributed by atoms with Crippen LogP contribution in [0.15, 0.2) is 65.9 Å². The number of azide groups is 1. The van der Waals surface area contributed by atoms with Gasteiger partial charge in [0.2, 0.25) is 0 Å². The summed E-state index contributed by atoms with van der Waals surface area (Å²) in [5.41, 5.74) is 15.0. The zero-order valence-electron chi connectivity index (χ0n) is 22.9. The number of aryl methyl sites for hydroxylation is 2. The number of ether oxygens (including phenoxy) is 1. The normalized spacial score (nSPS) is 16.6. The summed E-state index contributed by atoms with van der Waals surface area (Å²) in [6.45, 7) is 5.01. The number of hydrogen-bond acceptors (Lipinski definition) is 6. The minimum absolute atomic E-state index is 0.0187. The fraction of sp³-hybridized carbons (Fsp3) is 0.367. The maximum atomic E-state index is 11.3. The second kappa shape index (κ2) is 10.4. The highest BCUT2D eigenvalue weighted by atomic mass is 16.5. The average Bonchev–Trinajstić information content (AvgIpc) is 3.48. The highest BCUT2D eigenvalue weighted by Crippen LogP contribution is 2.42. The van der Waals surface area contributed by atoms with Crippen LogP contribution in [0.25, 0.3) is 43.6 Å². The molecule has 2 atom stereocenters. The molecule has 1 aliphatic rings. The number of rotatable bonds is 7. The molecule has 2 aromatic carbocycles. The van der Waals surface area contributed by atoms with Crippen LogP contribution in [-0.4, -0.2) is 49.4 Å². The van der Waals surface area contributed by atoms with Crippen molar-refractivity contribution in [2.75, 3.05) is 19.8 Å². The van der Waals surface area contributed by atoms with Crippen LogP contribution in [0.2, 0.25) is 0 Å². The first-order valence-corrected chi connectivity index (χ1v) is 13.6. The molecule has 5 aromatic rings. The summed E-state index contributed by atoms with van der Waals surface area (Å²) in [5, 5.41) is 24.4. The van der Waals surface area contributed by atoms with Gasteiger partial charge in [0, 0.05) is 42.3 Å². The lowest BCUT2D eigenvalue weighted by Crippen LogP contribution is -2.27. The third-order valence-electron chi connectivity index (χ3n) is 8.10. The van der Waals surface area contributed by atoms with E-state index in [2.05, 4.69) is 55.2 Å². The lowest BCUT2D eigenvalue weighted by atomic mass is 9.86. The average molecular weight is 537 g/mol. The standard InChI is InChI=1S/C30H32N8O2/c1-19-28(37(3)36-34-19)22-15-26-27(32-17-22)24-10-9-23(30(2,39)18-33-35-31)16-25(24)38(26)29(20-7-5-4-6-8-20)21-11-13-40-14-12-21/h4-10,15-17,21,29,39H,11-14,18H2,1-3H3/t29-,30?/m1/s1. The highest BCUT2D eigenvalue weighted by Gasteiger charge is 2.31. The molecular formula is C30H32N8O2. The molecule has 0 amide bonds. The molecule has 204 valence electrons. The summed E-state index contributed by atoms with van der Waals surface area (Å²) in [5.74, 6) is 0.339. The van der Waals surface area contributed by atoms with Crippen molar-refractivity contribution in [3.63, 3.8) is 0 Å². The molecule has 1 saturated heterocycles. The van der Waals surface area contributed by atoms with Crippen LogP contribution in [0, 0.1) is 12.8 Å². The molecule has 0 saturated carbocycles. The van der Waals surface area contributed by atoms with Gasteiger partial charge in [-0.25, -0.2) is 4.68 Å². The number of nitrogens with zero attached hydrogens (tertiary/aromatic N) is 8. The Morgan fingerprint density at radius 2 is 1.93 bits per heavy atom. The minimum Gasteiger partial charge on any atom is -0.385 e. The van der Waals surface area contributed by atoms with E-state index in [4.69, 9.17) is 15.3 Å². The molecule has 1 unspecified atom stereocenters. The monoisotopic (exact) mass is 536 g/mol. The van der Waals surface area contributed by atoms with E-state index in [1.165, 1.54) is 5.56 Å². The SMILES string of the molecule is Cc1nnn(C)c1-c1cnc2c3ccc(C(C)(O)CN=[N+]=[N-])cc3n([C@H](c3ccccc3)C3CCOCC3)c2c1. The van der Waals surface area contributed by atoms with Gasteiger partial charge >= 0.3 is 0 Å². The van der Waals surface area contributed by atoms with Crippen LogP contribution in [0.3, 0.4) is 0 Å². The summed E-state index contributed by atoms with van der Waals surface area (Å²) in [7, 11) is 1.89. The molecule has 10 nitrogen and oxygen atoms in total. The van der Waals surface area contributed by atoms with Crippen molar-refractivity contribution >= 4 is 21.9 Å². The molecule has 40 heavy (non-hydrogen) atoms. The van der Waals surface area contributed by atoms with Gasteiger partial charge in [0.05, 0.1) is 46.1 Å². The van der Waals surface area contributed by atoms with Crippen LogP contribution in [0.5, 0.6) is 0 Å². The van der Waals surface area contributed by atoms with Crippen molar-refractivity contribution in [3.05, 3.63) is 88.1 Å². The van der Waals surface area contributed by atoms with Crippen LogP contribution < -0.4 is 0 Å². The highest BCUT2D eigenvalue weighted by molar-refractivity contribution is 6.07. The fourth-order valence-electron chi connectivity index (χ4n) is 6.10. The maximum absolute atomic E-state index is 11.3. The molecular weight excluding hydrogens is 504 g/mol. The van der Waals surface area contributed by atoms with Crippen molar-refractivity contribution in [1.29, 1.82) is 0 Å². The molecule has 1 N–H and O–H groups in total. The maximum Gasteiger partial charge on any atom is 0.0960 e. The van der Waals surface area contributed by atoms with Crippen molar-refractivity contribution in [3.8, 4) is 11.3 Å². The van der Waals surface area contributed by atoms with Gasteiger partial charge in [0.15, 0.2) is 0 Å². The van der Waals surface area contributed by atoms with Gasteiger partial charge in [-0.3, -0.25) is 4.98 Å².